The summed E-state index contributed by atoms with van der Waals surface area (Å²) >= 11 is 7.64. The predicted molar refractivity (Wildman–Crippen MR) is 109 cm³/mol. The molecular formula is C20H20ClN3O2S. The van der Waals surface area contributed by atoms with Crippen molar-refractivity contribution >= 4 is 35.0 Å². The Morgan fingerprint density at radius 1 is 1.30 bits per heavy atom. The average molecular weight is 402 g/mol. The highest BCUT2D eigenvalue weighted by atomic mass is 35.5. The van der Waals surface area contributed by atoms with Crippen LogP contribution in [0.5, 0.6) is 5.75 Å². The smallest absolute Gasteiger partial charge is 0.265 e. The van der Waals surface area contributed by atoms with Gasteiger partial charge in [-0.05, 0) is 55.4 Å². The maximum absolute atomic E-state index is 12.6. The van der Waals surface area contributed by atoms with E-state index in [1.165, 1.54) is 11.8 Å². The molecule has 3 rings (SSSR count). The van der Waals surface area contributed by atoms with E-state index < -0.39 is 6.10 Å². The van der Waals surface area contributed by atoms with Crippen LogP contribution in [-0.4, -0.2) is 21.6 Å². The summed E-state index contributed by atoms with van der Waals surface area (Å²) in [5, 5.41) is 4.25. The van der Waals surface area contributed by atoms with E-state index in [1.54, 1.807) is 19.2 Å². The fourth-order valence-corrected chi connectivity index (χ4v) is 3.44. The van der Waals surface area contributed by atoms with Crippen LogP contribution < -0.4 is 10.1 Å². The summed E-state index contributed by atoms with van der Waals surface area (Å²) in [7, 11) is 1.93. The lowest BCUT2D eigenvalue weighted by Crippen LogP contribution is -2.30. The van der Waals surface area contributed by atoms with Crippen LogP contribution in [0.25, 0.3) is 0 Å². The fraction of sp³-hybridized carbons (Fsp3) is 0.200. The zero-order chi connectivity index (χ0) is 19.4. The Labute approximate surface area is 167 Å². The summed E-state index contributed by atoms with van der Waals surface area (Å²) in [5.41, 5.74) is 1.72. The van der Waals surface area contributed by atoms with Crippen molar-refractivity contribution in [2.24, 2.45) is 7.05 Å². The second kappa shape index (κ2) is 8.50. The molecule has 1 heterocycles. The van der Waals surface area contributed by atoms with Gasteiger partial charge in [0.15, 0.2) is 11.3 Å². The number of para-hydroxylation sites is 1. The van der Waals surface area contributed by atoms with Gasteiger partial charge in [-0.15, -0.1) is 0 Å². The molecule has 0 bridgehead atoms. The normalized spacial score (nSPS) is 11.9. The first-order valence-corrected chi connectivity index (χ1v) is 9.61. The molecule has 5 nitrogen and oxygen atoms in total. The zero-order valence-corrected chi connectivity index (χ0v) is 16.8. The molecule has 0 spiro atoms. The molecule has 7 heteroatoms. The molecule has 1 unspecified atom stereocenters. The second-order valence-corrected chi connectivity index (χ2v) is 7.52. The lowest BCUT2D eigenvalue weighted by atomic mass is 10.2. The summed E-state index contributed by atoms with van der Waals surface area (Å²) in [6.45, 7) is 3.64. The first kappa shape index (κ1) is 19.3. The van der Waals surface area contributed by atoms with Gasteiger partial charge in [0.05, 0.1) is 10.7 Å². The minimum absolute atomic E-state index is 0.250. The van der Waals surface area contributed by atoms with Gasteiger partial charge in [-0.3, -0.25) is 4.79 Å². The van der Waals surface area contributed by atoms with E-state index in [2.05, 4.69) is 10.3 Å². The van der Waals surface area contributed by atoms with Gasteiger partial charge >= 0.3 is 0 Å². The molecule has 2 aromatic carbocycles. The van der Waals surface area contributed by atoms with Crippen molar-refractivity contribution in [3.05, 3.63) is 65.4 Å². The highest BCUT2D eigenvalue weighted by molar-refractivity contribution is 7.99. The molecule has 1 N–H and O–H groups in total. The number of nitrogens with one attached hydrogen (secondary N) is 1. The molecule has 3 aromatic rings. The number of aromatic nitrogens is 2. The zero-order valence-electron chi connectivity index (χ0n) is 15.3. The van der Waals surface area contributed by atoms with Crippen LogP contribution in [0.1, 0.15) is 12.5 Å². The summed E-state index contributed by atoms with van der Waals surface area (Å²) in [5.74, 6) is 0.246. The third-order valence-electron chi connectivity index (χ3n) is 3.88. The minimum Gasteiger partial charge on any atom is -0.479 e. The SMILES string of the molecule is Cc1ccc(Cl)c(OC(C)C(=O)Nc2ccccc2Sc2nccn2C)c1. The van der Waals surface area contributed by atoms with Crippen molar-refractivity contribution in [2.75, 3.05) is 5.32 Å². The molecule has 1 amide bonds. The Hall–Kier alpha value is -2.44. The number of amides is 1. The number of hydrogen-bond donors (Lipinski definition) is 1. The second-order valence-electron chi connectivity index (χ2n) is 6.10. The number of rotatable bonds is 6. The molecule has 140 valence electrons. The number of anilines is 1. The number of ether oxygens (including phenoxy) is 1. The summed E-state index contributed by atoms with van der Waals surface area (Å²) < 4.78 is 7.68. The topological polar surface area (TPSA) is 56.1 Å². The molecular weight excluding hydrogens is 382 g/mol. The van der Waals surface area contributed by atoms with Gasteiger partial charge in [-0.1, -0.05) is 29.8 Å². The molecule has 0 fully saturated rings. The van der Waals surface area contributed by atoms with Gasteiger partial charge in [-0.25, -0.2) is 4.98 Å². The number of aryl methyl sites for hydroxylation is 2. The van der Waals surface area contributed by atoms with Crippen molar-refractivity contribution in [3.8, 4) is 5.75 Å². The number of halogens is 1. The van der Waals surface area contributed by atoms with E-state index in [4.69, 9.17) is 16.3 Å². The van der Waals surface area contributed by atoms with Crippen molar-refractivity contribution in [2.45, 2.75) is 30.0 Å². The number of nitrogens with zero attached hydrogens (tertiary/aromatic N) is 2. The van der Waals surface area contributed by atoms with Crippen LogP contribution >= 0.6 is 23.4 Å². The maximum Gasteiger partial charge on any atom is 0.265 e. The highest BCUT2D eigenvalue weighted by Crippen LogP contribution is 2.32. The van der Waals surface area contributed by atoms with E-state index in [0.29, 0.717) is 16.5 Å². The van der Waals surface area contributed by atoms with E-state index in [9.17, 15) is 4.79 Å². The molecule has 1 aromatic heterocycles. The fourth-order valence-electron chi connectivity index (χ4n) is 2.39. The number of carbonyl (C=O) groups is 1. The Morgan fingerprint density at radius 2 is 2.07 bits per heavy atom. The molecule has 0 radical (unpaired) electrons. The van der Waals surface area contributed by atoms with Crippen LogP contribution in [0.3, 0.4) is 0 Å². The van der Waals surface area contributed by atoms with Gasteiger partial charge < -0.3 is 14.6 Å². The molecule has 0 aliphatic carbocycles. The van der Waals surface area contributed by atoms with Crippen molar-refractivity contribution in [1.82, 2.24) is 9.55 Å². The Balaban J connectivity index is 1.72. The van der Waals surface area contributed by atoms with Crippen LogP contribution in [0.4, 0.5) is 5.69 Å². The monoisotopic (exact) mass is 401 g/mol. The molecule has 0 aliphatic heterocycles. The predicted octanol–water partition coefficient (Wildman–Crippen LogP) is 4.94. The Kier molecular flexibility index (Phi) is 6.08. The highest BCUT2D eigenvalue weighted by Gasteiger charge is 2.18. The Morgan fingerprint density at radius 3 is 2.81 bits per heavy atom. The van der Waals surface area contributed by atoms with E-state index in [1.807, 2.05) is 61.1 Å². The number of carbonyl (C=O) groups excluding carboxylic acids is 1. The summed E-state index contributed by atoms with van der Waals surface area (Å²) in [6, 6.07) is 13.1. The van der Waals surface area contributed by atoms with Crippen molar-refractivity contribution < 1.29 is 9.53 Å². The van der Waals surface area contributed by atoms with Crippen LogP contribution in [0.15, 0.2) is 64.9 Å². The lowest BCUT2D eigenvalue weighted by Gasteiger charge is -2.17. The van der Waals surface area contributed by atoms with Crippen molar-refractivity contribution in [1.29, 1.82) is 0 Å². The van der Waals surface area contributed by atoms with E-state index in [-0.39, 0.29) is 5.91 Å². The van der Waals surface area contributed by atoms with Crippen LogP contribution in [0, 0.1) is 6.92 Å². The van der Waals surface area contributed by atoms with Gasteiger partial charge in [0.25, 0.3) is 5.91 Å². The molecule has 0 saturated carbocycles. The number of benzene rings is 2. The van der Waals surface area contributed by atoms with Gasteiger partial charge in [-0.2, -0.15) is 0 Å². The van der Waals surface area contributed by atoms with Crippen LogP contribution in [-0.2, 0) is 11.8 Å². The van der Waals surface area contributed by atoms with Crippen LogP contribution in [0.2, 0.25) is 5.02 Å². The maximum atomic E-state index is 12.6. The average Bonchev–Trinajstić information content (AvgIpc) is 3.04. The van der Waals surface area contributed by atoms with Gasteiger partial charge in [0, 0.05) is 24.3 Å². The Bertz CT molecular complexity index is 958. The van der Waals surface area contributed by atoms with Gasteiger partial charge in [0.1, 0.15) is 5.75 Å². The molecule has 0 aliphatic rings. The quantitative estimate of drug-likeness (QED) is 0.635. The lowest BCUT2D eigenvalue weighted by molar-refractivity contribution is -0.122. The first-order valence-electron chi connectivity index (χ1n) is 8.42. The molecule has 27 heavy (non-hydrogen) atoms. The number of hydrogen-bond acceptors (Lipinski definition) is 4. The largest absolute Gasteiger partial charge is 0.479 e. The first-order chi connectivity index (χ1) is 12.9. The third-order valence-corrected chi connectivity index (χ3v) is 5.35. The third kappa shape index (κ3) is 4.84. The van der Waals surface area contributed by atoms with E-state index in [0.717, 1.165) is 15.6 Å². The van der Waals surface area contributed by atoms with Crippen molar-refractivity contribution in [3.63, 3.8) is 0 Å². The summed E-state index contributed by atoms with van der Waals surface area (Å²) in [4.78, 5) is 17.8. The van der Waals surface area contributed by atoms with E-state index >= 15 is 0 Å². The molecule has 1 atom stereocenters. The standard InChI is InChI=1S/C20H20ClN3O2S/c1-13-8-9-15(21)17(12-13)26-14(2)19(25)23-16-6-4-5-7-18(16)27-20-22-10-11-24(20)3/h4-12,14H,1-3H3,(H,23,25). The number of imidazole rings is 1. The molecule has 0 saturated heterocycles. The summed E-state index contributed by atoms with van der Waals surface area (Å²) in [6.07, 6.45) is 2.92. The minimum atomic E-state index is -0.699. The van der Waals surface area contributed by atoms with Gasteiger partial charge in [0.2, 0.25) is 0 Å².